The Bertz CT molecular complexity index is 1080. The van der Waals surface area contributed by atoms with E-state index in [0.29, 0.717) is 42.1 Å². The highest BCUT2D eigenvalue weighted by Crippen LogP contribution is 2.22. The second kappa shape index (κ2) is 6.67. The molecule has 138 valence electrons. The second-order valence-corrected chi connectivity index (χ2v) is 6.16. The van der Waals surface area contributed by atoms with Crippen LogP contribution in [0.5, 0.6) is 0 Å². The predicted molar refractivity (Wildman–Crippen MR) is 95.5 cm³/mol. The zero-order valence-electron chi connectivity index (χ0n) is 14.2. The molecule has 2 aromatic heterocycles. The summed E-state index contributed by atoms with van der Waals surface area (Å²) >= 11 is 0. The number of carbonyl (C=O) groups excluding carboxylic acids is 1. The van der Waals surface area contributed by atoms with Crippen molar-refractivity contribution in [3.63, 3.8) is 0 Å². The first-order valence-corrected chi connectivity index (χ1v) is 8.42. The zero-order chi connectivity index (χ0) is 19.0. The highest BCUT2D eigenvalue weighted by Gasteiger charge is 2.26. The van der Waals surface area contributed by atoms with Gasteiger partial charge in [-0.2, -0.15) is 4.98 Å². The SMILES string of the molecule is O=C(c1ccccc1F)N1CCN(c2nc(=O)n(O)c3ncccc23)CC1. The third-order valence-corrected chi connectivity index (χ3v) is 4.58. The number of carbonyl (C=O) groups is 1. The van der Waals surface area contributed by atoms with Gasteiger partial charge in [-0.1, -0.05) is 12.1 Å². The summed E-state index contributed by atoms with van der Waals surface area (Å²) in [6, 6.07) is 9.30. The van der Waals surface area contributed by atoms with Gasteiger partial charge in [0.15, 0.2) is 5.65 Å². The second-order valence-electron chi connectivity index (χ2n) is 6.16. The molecule has 3 aromatic rings. The number of hydrogen-bond acceptors (Lipinski definition) is 6. The van der Waals surface area contributed by atoms with E-state index in [0.717, 1.165) is 0 Å². The minimum atomic E-state index is -0.818. The standard InChI is InChI=1S/C18H16FN5O3/c19-14-6-2-1-4-12(14)17(25)23-10-8-22(9-11-23)16-13-5-3-7-20-15(13)24(27)18(26)21-16/h1-7,27H,8-11H2. The molecule has 0 spiro atoms. The van der Waals surface area contributed by atoms with Gasteiger partial charge in [-0.25, -0.2) is 14.2 Å². The van der Waals surface area contributed by atoms with Crippen LogP contribution in [0.1, 0.15) is 10.4 Å². The molecular weight excluding hydrogens is 353 g/mol. The van der Waals surface area contributed by atoms with E-state index in [2.05, 4.69) is 9.97 Å². The van der Waals surface area contributed by atoms with Crippen molar-refractivity contribution in [2.24, 2.45) is 0 Å². The zero-order valence-corrected chi connectivity index (χ0v) is 14.2. The molecule has 3 heterocycles. The fraction of sp³-hybridized carbons (Fsp3) is 0.222. The Morgan fingerprint density at radius 1 is 1.07 bits per heavy atom. The molecule has 0 saturated carbocycles. The van der Waals surface area contributed by atoms with Gasteiger partial charge in [0.25, 0.3) is 5.91 Å². The molecule has 1 aromatic carbocycles. The van der Waals surface area contributed by atoms with Crippen LogP contribution < -0.4 is 10.6 Å². The van der Waals surface area contributed by atoms with Crippen LogP contribution in [0.2, 0.25) is 0 Å². The van der Waals surface area contributed by atoms with Gasteiger partial charge < -0.3 is 15.0 Å². The van der Waals surface area contributed by atoms with Crippen molar-refractivity contribution in [3.05, 3.63) is 64.5 Å². The van der Waals surface area contributed by atoms with E-state index in [9.17, 15) is 19.2 Å². The summed E-state index contributed by atoms with van der Waals surface area (Å²) in [5.74, 6) is -0.500. The van der Waals surface area contributed by atoms with E-state index in [1.165, 1.54) is 24.4 Å². The maximum Gasteiger partial charge on any atom is 0.384 e. The quantitative estimate of drug-likeness (QED) is 0.681. The molecule has 1 saturated heterocycles. The molecule has 0 radical (unpaired) electrons. The first-order chi connectivity index (χ1) is 13.1. The Kier molecular flexibility index (Phi) is 4.19. The minimum Gasteiger partial charge on any atom is -0.422 e. The van der Waals surface area contributed by atoms with Crippen LogP contribution in [-0.4, -0.2) is 56.9 Å². The van der Waals surface area contributed by atoms with Gasteiger partial charge in [-0.05, 0) is 24.3 Å². The summed E-state index contributed by atoms with van der Waals surface area (Å²) in [4.78, 5) is 35.9. The molecule has 0 atom stereocenters. The van der Waals surface area contributed by atoms with Crippen molar-refractivity contribution >= 4 is 22.8 Å². The van der Waals surface area contributed by atoms with E-state index < -0.39 is 11.5 Å². The van der Waals surface area contributed by atoms with Gasteiger partial charge in [0.05, 0.1) is 10.9 Å². The smallest absolute Gasteiger partial charge is 0.384 e. The molecule has 27 heavy (non-hydrogen) atoms. The first-order valence-electron chi connectivity index (χ1n) is 8.42. The molecular formula is C18H16FN5O3. The highest BCUT2D eigenvalue weighted by molar-refractivity contribution is 5.94. The number of pyridine rings is 1. The fourth-order valence-electron chi connectivity index (χ4n) is 3.20. The third-order valence-electron chi connectivity index (χ3n) is 4.58. The van der Waals surface area contributed by atoms with Crippen LogP contribution in [-0.2, 0) is 0 Å². The lowest BCUT2D eigenvalue weighted by Crippen LogP contribution is -2.49. The van der Waals surface area contributed by atoms with Gasteiger partial charge in [0.2, 0.25) is 0 Å². The van der Waals surface area contributed by atoms with Crippen molar-refractivity contribution in [2.45, 2.75) is 0 Å². The molecule has 8 nitrogen and oxygen atoms in total. The lowest BCUT2D eigenvalue weighted by molar-refractivity contribution is 0.0742. The van der Waals surface area contributed by atoms with Gasteiger partial charge in [0, 0.05) is 32.4 Å². The maximum absolute atomic E-state index is 13.9. The molecule has 1 amide bonds. The number of anilines is 1. The molecule has 1 N–H and O–H groups in total. The Labute approximate surface area is 153 Å². The number of fused-ring (bicyclic) bond motifs is 1. The van der Waals surface area contributed by atoms with E-state index in [1.54, 1.807) is 23.1 Å². The highest BCUT2D eigenvalue weighted by atomic mass is 19.1. The van der Waals surface area contributed by atoms with E-state index in [4.69, 9.17) is 0 Å². The summed E-state index contributed by atoms with van der Waals surface area (Å²) in [7, 11) is 0. The van der Waals surface area contributed by atoms with Gasteiger partial charge in [-0.15, -0.1) is 4.73 Å². The number of halogens is 1. The third kappa shape index (κ3) is 2.97. The minimum absolute atomic E-state index is 0.0432. The molecule has 1 aliphatic heterocycles. The number of aromatic nitrogens is 3. The van der Waals surface area contributed by atoms with Gasteiger partial charge in [-0.3, -0.25) is 4.79 Å². The molecule has 0 aliphatic carbocycles. The molecule has 4 rings (SSSR count). The summed E-state index contributed by atoms with van der Waals surface area (Å²) in [5, 5.41) is 10.4. The number of amides is 1. The van der Waals surface area contributed by atoms with Gasteiger partial charge in [0.1, 0.15) is 11.6 Å². The average molecular weight is 369 g/mol. The van der Waals surface area contributed by atoms with Crippen LogP contribution in [0.4, 0.5) is 10.2 Å². The maximum atomic E-state index is 13.9. The van der Waals surface area contributed by atoms with Crippen molar-refractivity contribution in [1.82, 2.24) is 19.6 Å². The summed E-state index contributed by atoms with van der Waals surface area (Å²) < 4.78 is 14.3. The van der Waals surface area contributed by atoms with Crippen molar-refractivity contribution in [2.75, 3.05) is 31.1 Å². The Morgan fingerprint density at radius 3 is 2.56 bits per heavy atom. The Morgan fingerprint density at radius 2 is 1.81 bits per heavy atom. The lowest BCUT2D eigenvalue weighted by atomic mass is 10.1. The number of rotatable bonds is 2. The van der Waals surface area contributed by atoms with Crippen molar-refractivity contribution < 1.29 is 14.4 Å². The van der Waals surface area contributed by atoms with Crippen LogP contribution in [0, 0.1) is 5.82 Å². The van der Waals surface area contributed by atoms with E-state index in [1.807, 2.05) is 4.90 Å². The molecule has 0 unspecified atom stereocenters. The number of piperazine rings is 1. The summed E-state index contributed by atoms with van der Waals surface area (Å²) in [6.07, 6.45) is 1.48. The van der Waals surface area contributed by atoms with E-state index in [-0.39, 0.29) is 17.1 Å². The van der Waals surface area contributed by atoms with Crippen LogP contribution in [0.3, 0.4) is 0 Å². The first kappa shape index (κ1) is 17.0. The monoisotopic (exact) mass is 369 g/mol. The number of benzene rings is 1. The Balaban J connectivity index is 1.58. The fourth-order valence-corrected chi connectivity index (χ4v) is 3.20. The number of nitrogens with zero attached hydrogens (tertiary/aromatic N) is 5. The molecule has 0 bridgehead atoms. The molecule has 9 heteroatoms. The van der Waals surface area contributed by atoms with Crippen LogP contribution in [0.25, 0.3) is 11.0 Å². The van der Waals surface area contributed by atoms with Crippen LogP contribution >= 0.6 is 0 Å². The Hall–Kier alpha value is -3.49. The number of hydrogen-bond donors (Lipinski definition) is 1. The van der Waals surface area contributed by atoms with Gasteiger partial charge >= 0.3 is 5.69 Å². The summed E-state index contributed by atoms with van der Waals surface area (Å²) in [5.41, 5.74) is -0.653. The lowest BCUT2D eigenvalue weighted by Gasteiger charge is -2.35. The van der Waals surface area contributed by atoms with Crippen LogP contribution in [0.15, 0.2) is 47.4 Å². The topological polar surface area (TPSA) is 91.6 Å². The predicted octanol–water partition coefficient (Wildman–Crippen LogP) is 1.13. The van der Waals surface area contributed by atoms with Crippen molar-refractivity contribution in [3.8, 4) is 0 Å². The normalized spacial score (nSPS) is 14.6. The largest absolute Gasteiger partial charge is 0.422 e. The summed E-state index contributed by atoms with van der Waals surface area (Å²) in [6.45, 7) is 1.57. The molecule has 1 fully saturated rings. The van der Waals surface area contributed by atoms with E-state index >= 15 is 0 Å². The van der Waals surface area contributed by atoms with Crippen molar-refractivity contribution in [1.29, 1.82) is 0 Å². The average Bonchev–Trinajstić information content (AvgIpc) is 2.71. The molecule has 1 aliphatic rings.